The van der Waals surface area contributed by atoms with E-state index in [9.17, 15) is 30.1 Å². The van der Waals surface area contributed by atoms with Gasteiger partial charge in [0.15, 0.2) is 0 Å². The maximum Gasteiger partial charge on any atom is 0.276 e. The van der Waals surface area contributed by atoms with Crippen LogP contribution in [-0.2, 0) is 0 Å². The molecule has 11 heteroatoms. The summed E-state index contributed by atoms with van der Waals surface area (Å²) in [7, 11) is 0. The molecule has 10 nitrogen and oxygen atoms in total. The summed E-state index contributed by atoms with van der Waals surface area (Å²) in [6.07, 6.45) is 0.997. The molecule has 3 aromatic carbocycles. The molecule has 0 heterocycles. The van der Waals surface area contributed by atoms with Crippen molar-refractivity contribution in [2.75, 3.05) is 5.32 Å². The first-order valence-corrected chi connectivity index (χ1v) is 8.98. The summed E-state index contributed by atoms with van der Waals surface area (Å²) in [6, 6.07) is 14.2. The summed E-state index contributed by atoms with van der Waals surface area (Å²) in [6.45, 7) is 0. The van der Waals surface area contributed by atoms with Gasteiger partial charge in [-0.15, -0.1) is 0 Å². The Bertz CT molecular complexity index is 1230. The lowest BCUT2D eigenvalue weighted by Crippen LogP contribution is -2.12. The number of carbonyl (C=O) groups excluding carboxylic acids is 1. The molecule has 0 aliphatic carbocycles. The zero-order chi connectivity index (χ0) is 22.5. The summed E-state index contributed by atoms with van der Waals surface area (Å²) in [5.41, 5.74) is -0.883. The molecular formula is C20H12ClN4O6-. The highest BCUT2D eigenvalue weighted by atomic mass is 35.5. The van der Waals surface area contributed by atoms with Gasteiger partial charge < -0.3 is 10.4 Å². The number of amides is 1. The summed E-state index contributed by atoms with van der Waals surface area (Å²) in [5.74, 6) is -1.44. The number of hydrogen-bond acceptors (Lipinski definition) is 7. The van der Waals surface area contributed by atoms with E-state index in [0.29, 0.717) is 17.4 Å². The number of benzene rings is 3. The molecule has 31 heavy (non-hydrogen) atoms. The highest BCUT2D eigenvalue weighted by molar-refractivity contribution is 6.34. The third kappa shape index (κ3) is 5.00. The van der Waals surface area contributed by atoms with E-state index in [2.05, 4.69) is 10.3 Å². The molecule has 3 aromatic rings. The van der Waals surface area contributed by atoms with Crippen LogP contribution in [0.25, 0.3) is 0 Å². The first-order chi connectivity index (χ1) is 14.8. The zero-order valence-electron chi connectivity index (χ0n) is 15.5. The number of hydrogen-bond donors (Lipinski definition) is 1. The van der Waals surface area contributed by atoms with E-state index in [4.69, 9.17) is 11.6 Å². The number of nitrogens with one attached hydrogen (secondary N) is 1. The van der Waals surface area contributed by atoms with E-state index in [1.54, 1.807) is 42.5 Å². The lowest BCUT2D eigenvalue weighted by atomic mass is 10.1. The molecule has 0 radical (unpaired) electrons. The molecule has 3 rings (SSSR count). The van der Waals surface area contributed by atoms with Gasteiger partial charge in [-0.3, -0.25) is 30.0 Å². The molecule has 0 bridgehead atoms. The van der Waals surface area contributed by atoms with Crippen molar-refractivity contribution in [1.82, 2.24) is 0 Å². The lowest BCUT2D eigenvalue weighted by Gasteiger charge is -2.10. The number of nitro groups is 2. The van der Waals surface area contributed by atoms with Gasteiger partial charge in [-0.25, -0.2) is 0 Å². The van der Waals surface area contributed by atoms with Crippen molar-refractivity contribution in [1.29, 1.82) is 0 Å². The Morgan fingerprint density at radius 2 is 1.74 bits per heavy atom. The summed E-state index contributed by atoms with van der Waals surface area (Å²) in [5, 5.41) is 37.1. The maximum absolute atomic E-state index is 12.4. The maximum atomic E-state index is 12.4. The summed E-state index contributed by atoms with van der Waals surface area (Å²) < 4.78 is 0. The number of carbonyl (C=O) groups is 1. The van der Waals surface area contributed by atoms with E-state index in [1.165, 1.54) is 6.07 Å². The van der Waals surface area contributed by atoms with Crippen LogP contribution in [0.15, 0.2) is 65.7 Å². The molecule has 0 aromatic heterocycles. The van der Waals surface area contributed by atoms with Gasteiger partial charge in [0.05, 0.1) is 32.2 Å². The van der Waals surface area contributed by atoms with Crippen LogP contribution in [0, 0.1) is 20.2 Å². The standard InChI is InChI=1S/C20H13ClN4O6/c21-17-7-2-1-6-16(17)20(27)23-14-5-3-4-13(9-14)22-11-12-8-15(24(28)29)10-18(19(12)26)25(30)31/h1-11,26H,(H,23,27)/p-1. The van der Waals surface area contributed by atoms with Gasteiger partial charge in [-0.1, -0.05) is 29.8 Å². The van der Waals surface area contributed by atoms with Gasteiger partial charge in [-0.05, 0) is 41.6 Å². The van der Waals surface area contributed by atoms with Crippen LogP contribution in [0.2, 0.25) is 5.02 Å². The second-order valence-electron chi connectivity index (χ2n) is 6.14. The largest absolute Gasteiger partial charge is 0.867 e. The molecule has 0 aliphatic heterocycles. The van der Waals surface area contributed by atoms with Crippen LogP contribution in [0.4, 0.5) is 22.7 Å². The average molecular weight is 440 g/mol. The van der Waals surface area contributed by atoms with Crippen molar-refractivity contribution in [2.24, 2.45) is 4.99 Å². The molecule has 0 saturated carbocycles. The minimum absolute atomic E-state index is 0.276. The highest BCUT2D eigenvalue weighted by Crippen LogP contribution is 2.31. The Morgan fingerprint density at radius 3 is 2.42 bits per heavy atom. The van der Waals surface area contributed by atoms with E-state index >= 15 is 0 Å². The monoisotopic (exact) mass is 439 g/mol. The fourth-order valence-electron chi connectivity index (χ4n) is 2.61. The van der Waals surface area contributed by atoms with Crippen molar-refractivity contribution in [3.63, 3.8) is 0 Å². The summed E-state index contributed by atoms with van der Waals surface area (Å²) in [4.78, 5) is 36.6. The fourth-order valence-corrected chi connectivity index (χ4v) is 2.83. The topological polar surface area (TPSA) is 151 Å². The third-order valence-corrected chi connectivity index (χ3v) is 4.40. The number of rotatable bonds is 6. The highest BCUT2D eigenvalue weighted by Gasteiger charge is 2.18. The lowest BCUT2D eigenvalue weighted by molar-refractivity contribution is -0.403. The van der Waals surface area contributed by atoms with Gasteiger partial charge in [0.25, 0.3) is 17.3 Å². The Kier molecular flexibility index (Phi) is 6.22. The Morgan fingerprint density at radius 1 is 1.00 bits per heavy atom. The molecule has 0 fully saturated rings. The quantitative estimate of drug-likeness (QED) is 0.344. The van der Waals surface area contributed by atoms with Crippen molar-refractivity contribution in [2.45, 2.75) is 0 Å². The number of nitrogens with zero attached hydrogens (tertiary/aromatic N) is 3. The van der Waals surface area contributed by atoms with Crippen molar-refractivity contribution in [3.8, 4) is 5.75 Å². The number of nitro benzene ring substituents is 2. The fraction of sp³-hybridized carbons (Fsp3) is 0. The van der Waals surface area contributed by atoms with Crippen LogP contribution in [0.3, 0.4) is 0 Å². The third-order valence-electron chi connectivity index (χ3n) is 4.07. The van der Waals surface area contributed by atoms with E-state index in [1.807, 2.05) is 0 Å². The molecule has 156 valence electrons. The van der Waals surface area contributed by atoms with Gasteiger partial charge in [0, 0.05) is 18.0 Å². The Labute approximate surface area is 179 Å². The van der Waals surface area contributed by atoms with Crippen molar-refractivity contribution >= 4 is 46.5 Å². The van der Waals surface area contributed by atoms with E-state index < -0.39 is 32.9 Å². The number of non-ortho nitro benzene ring substituents is 1. The second kappa shape index (κ2) is 9.01. The van der Waals surface area contributed by atoms with Crippen molar-refractivity contribution in [3.05, 3.63) is 97.0 Å². The smallest absolute Gasteiger partial charge is 0.276 e. The number of anilines is 1. The molecular weight excluding hydrogens is 428 g/mol. The minimum Gasteiger partial charge on any atom is -0.867 e. The van der Waals surface area contributed by atoms with E-state index in [0.717, 1.165) is 12.3 Å². The summed E-state index contributed by atoms with van der Waals surface area (Å²) >= 11 is 6.01. The van der Waals surface area contributed by atoms with Gasteiger partial charge >= 0.3 is 0 Å². The normalized spacial score (nSPS) is 10.7. The molecule has 0 saturated heterocycles. The first kappa shape index (κ1) is 21.4. The minimum atomic E-state index is -0.998. The molecule has 0 atom stereocenters. The van der Waals surface area contributed by atoms with Crippen LogP contribution in [-0.4, -0.2) is 22.0 Å². The van der Waals surface area contributed by atoms with Gasteiger partial charge in [0.1, 0.15) is 0 Å². The molecule has 1 amide bonds. The predicted molar refractivity (Wildman–Crippen MR) is 112 cm³/mol. The van der Waals surface area contributed by atoms with Crippen LogP contribution in [0.5, 0.6) is 5.75 Å². The number of aliphatic imine (C=N–C) groups is 1. The van der Waals surface area contributed by atoms with Crippen molar-refractivity contribution < 1.29 is 19.7 Å². The first-order valence-electron chi connectivity index (χ1n) is 8.60. The van der Waals surface area contributed by atoms with Gasteiger partial charge in [0.2, 0.25) is 0 Å². The zero-order valence-corrected chi connectivity index (χ0v) is 16.3. The molecule has 1 N–H and O–H groups in total. The second-order valence-corrected chi connectivity index (χ2v) is 6.55. The Hall–Kier alpha value is -4.31. The van der Waals surface area contributed by atoms with E-state index in [-0.39, 0.29) is 16.1 Å². The number of halogens is 1. The predicted octanol–water partition coefficient (Wildman–Crippen LogP) is 4.23. The molecule has 0 spiro atoms. The molecule has 0 aliphatic rings. The molecule has 0 unspecified atom stereocenters. The van der Waals surface area contributed by atoms with Crippen LogP contribution in [0.1, 0.15) is 15.9 Å². The van der Waals surface area contributed by atoms with Crippen LogP contribution >= 0.6 is 11.6 Å². The average Bonchev–Trinajstić information content (AvgIpc) is 2.73. The Balaban J connectivity index is 1.87. The van der Waals surface area contributed by atoms with Gasteiger partial charge in [-0.2, -0.15) is 0 Å². The van der Waals surface area contributed by atoms with Crippen LogP contribution < -0.4 is 10.4 Å². The SMILES string of the molecule is O=C(Nc1cccc(N=Cc2cc([N+](=O)[O-])cc([N+](=O)[O-])c2[O-])c1)c1ccccc1Cl.